The lowest BCUT2D eigenvalue weighted by Gasteiger charge is -2.11. The number of benzene rings is 1. The zero-order valence-electron chi connectivity index (χ0n) is 10.7. The average Bonchev–Trinajstić information content (AvgIpc) is 2.41. The van der Waals surface area contributed by atoms with Crippen LogP contribution in [0, 0.1) is 0 Å². The Hall–Kier alpha value is -1.81. The fourth-order valence-corrected chi connectivity index (χ4v) is 1.43. The maximum absolute atomic E-state index is 11.4. The molecule has 0 unspecified atom stereocenters. The number of carbonyl (C=O) groups is 1. The molecule has 0 atom stereocenters. The molecule has 0 bridgehead atoms. The smallest absolute Gasteiger partial charge is 0.258 e. The first-order chi connectivity index (χ1) is 8.77. The van der Waals surface area contributed by atoms with E-state index in [0.29, 0.717) is 6.54 Å². The molecule has 4 nitrogen and oxygen atoms in total. The standard InChI is InChI=1S/C14H20N2O2/c1-3-9-16-14(17)11-18-13-8-6-5-7-12(13)10-15-4-2/h3,5-8,15H,1,4,9-11H2,2H3,(H,16,17). The largest absolute Gasteiger partial charge is 0.483 e. The number of rotatable bonds is 8. The van der Waals surface area contributed by atoms with Gasteiger partial charge in [0.15, 0.2) is 6.61 Å². The van der Waals surface area contributed by atoms with E-state index in [4.69, 9.17) is 4.74 Å². The number of hydrogen-bond acceptors (Lipinski definition) is 3. The Morgan fingerprint density at radius 2 is 2.22 bits per heavy atom. The summed E-state index contributed by atoms with van der Waals surface area (Å²) in [7, 11) is 0. The molecule has 0 saturated carbocycles. The van der Waals surface area contributed by atoms with E-state index in [1.54, 1.807) is 6.08 Å². The van der Waals surface area contributed by atoms with E-state index in [9.17, 15) is 4.79 Å². The monoisotopic (exact) mass is 248 g/mol. The summed E-state index contributed by atoms with van der Waals surface area (Å²) < 4.78 is 5.51. The first-order valence-corrected chi connectivity index (χ1v) is 6.07. The van der Waals surface area contributed by atoms with Gasteiger partial charge in [-0.1, -0.05) is 31.2 Å². The second kappa shape index (κ2) is 8.31. The van der Waals surface area contributed by atoms with Gasteiger partial charge >= 0.3 is 0 Å². The van der Waals surface area contributed by atoms with Crippen molar-refractivity contribution in [2.75, 3.05) is 19.7 Å². The molecule has 0 aliphatic heterocycles. The number of amides is 1. The average molecular weight is 248 g/mol. The Morgan fingerprint density at radius 3 is 2.94 bits per heavy atom. The van der Waals surface area contributed by atoms with Crippen molar-refractivity contribution in [3.63, 3.8) is 0 Å². The molecule has 0 aliphatic carbocycles. The summed E-state index contributed by atoms with van der Waals surface area (Å²) in [4.78, 5) is 11.4. The van der Waals surface area contributed by atoms with Gasteiger partial charge in [0.1, 0.15) is 5.75 Å². The van der Waals surface area contributed by atoms with Crippen LogP contribution in [-0.4, -0.2) is 25.6 Å². The maximum Gasteiger partial charge on any atom is 0.258 e. The van der Waals surface area contributed by atoms with Crippen LogP contribution in [0.3, 0.4) is 0 Å². The molecule has 18 heavy (non-hydrogen) atoms. The van der Waals surface area contributed by atoms with E-state index in [0.717, 1.165) is 24.4 Å². The van der Waals surface area contributed by atoms with Crippen molar-refractivity contribution in [1.29, 1.82) is 0 Å². The second-order valence-electron chi connectivity index (χ2n) is 3.77. The highest BCUT2D eigenvalue weighted by molar-refractivity contribution is 5.77. The molecule has 1 rings (SSSR count). The van der Waals surface area contributed by atoms with Crippen LogP contribution in [-0.2, 0) is 11.3 Å². The van der Waals surface area contributed by atoms with Gasteiger partial charge in [-0.3, -0.25) is 4.79 Å². The summed E-state index contributed by atoms with van der Waals surface area (Å²) in [6.45, 7) is 7.70. The van der Waals surface area contributed by atoms with Gasteiger partial charge in [0.05, 0.1) is 0 Å². The molecular weight excluding hydrogens is 228 g/mol. The summed E-state index contributed by atoms with van der Waals surface area (Å²) in [5.41, 5.74) is 1.05. The minimum absolute atomic E-state index is 0.0248. The second-order valence-corrected chi connectivity index (χ2v) is 3.77. The quantitative estimate of drug-likeness (QED) is 0.685. The Labute approximate surface area is 108 Å². The van der Waals surface area contributed by atoms with Gasteiger partial charge in [-0.25, -0.2) is 0 Å². The lowest BCUT2D eigenvalue weighted by molar-refractivity contribution is -0.122. The molecule has 0 saturated heterocycles. The molecule has 0 fully saturated rings. The van der Waals surface area contributed by atoms with Crippen LogP contribution in [0.5, 0.6) is 5.75 Å². The molecule has 1 aromatic rings. The highest BCUT2D eigenvalue weighted by Crippen LogP contribution is 2.17. The molecule has 1 amide bonds. The fraction of sp³-hybridized carbons (Fsp3) is 0.357. The first kappa shape index (κ1) is 14.3. The zero-order chi connectivity index (χ0) is 13.2. The van der Waals surface area contributed by atoms with Gasteiger partial charge in [-0.05, 0) is 12.6 Å². The van der Waals surface area contributed by atoms with Crippen LogP contribution < -0.4 is 15.4 Å². The molecule has 0 aromatic heterocycles. The Bertz CT molecular complexity index is 391. The SMILES string of the molecule is C=CCNC(=O)COc1ccccc1CNCC. The minimum atomic E-state index is -0.145. The zero-order valence-corrected chi connectivity index (χ0v) is 10.7. The van der Waals surface area contributed by atoms with Crippen LogP contribution in [0.2, 0.25) is 0 Å². The van der Waals surface area contributed by atoms with Crippen LogP contribution >= 0.6 is 0 Å². The number of hydrogen-bond donors (Lipinski definition) is 2. The molecule has 0 radical (unpaired) electrons. The van der Waals surface area contributed by atoms with Gasteiger partial charge in [0.2, 0.25) is 0 Å². The molecular formula is C14H20N2O2. The van der Waals surface area contributed by atoms with Crippen molar-refractivity contribution in [2.45, 2.75) is 13.5 Å². The van der Waals surface area contributed by atoms with Crippen LogP contribution in [0.1, 0.15) is 12.5 Å². The summed E-state index contributed by atoms with van der Waals surface area (Å²) in [6, 6.07) is 7.71. The lowest BCUT2D eigenvalue weighted by Crippen LogP contribution is -2.29. The van der Waals surface area contributed by atoms with Crippen LogP contribution in [0.25, 0.3) is 0 Å². The van der Waals surface area contributed by atoms with E-state index >= 15 is 0 Å². The topological polar surface area (TPSA) is 50.4 Å². The first-order valence-electron chi connectivity index (χ1n) is 6.07. The van der Waals surface area contributed by atoms with Gasteiger partial charge < -0.3 is 15.4 Å². The van der Waals surface area contributed by atoms with E-state index in [1.807, 2.05) is 31.2 Å². The van der Waals surface area contributed by atoms with E-state index < -0.39 is 0 Å². The molecule has 0 heterocycles. The fourth-order valence-electron chi connectivity index (χ4n) is 1.43. The van der Waals surface area contributed by atoms with Crippen molar-refractivity contribution < 1.29 is 9.53 Å². The van der Waals surface area contributed by atoms with Crippen molar-refractivity contribution in [3.05, 3.63) is 42.5 Å². The third-order valence-electron chi connectivity index (χ3n) is 2.34. The summed E-state index contributed by atoms with van der Waals surface area (Å²) in [5.74, 6) is 0.598. The van der Waals surface area contributed by atoms with Crippen molar-refractivity contribution in [1.82, 2.24) is 10.6 Å². The third-order valence-corrected chi connectivity index (χ3v) is 2.34. The van der Waals surface area contributed by atoms with Crippen LogP contribution in [0.4, 0.5) is 0 Å². The van der Waals surface area contributed by atoms with Gasteiger partial charge in [-0.15, -0.1) is 6.58 Å². The van der Waals surface area contributed by atoms with Crippen molar-refractivity contribution in [3.8, 4) is 5.75 Å². The van der Waals surface area contributed by atoms with Gasteiger partial charge in [-0.2, -0.15) is 0 Å². The minimum Gasteiger partial charge on any atom is -0.483 e. The number of carbonyl (C=O) groups excluding carboxylic acids is 1. The highest BCUT2D eigenvalue weighted by atomic mass is 16.5. The maximum atomic E-state index is 11.4. The summed E-state index contributed by atoms with van der Waals surface area (Å²) >= 11 is 0. The third kappa shape index (κ3) is 5.01. The molecule has 0 aliphatic rings. The van der Waals surface area contributed by atoms with Crippen LogP contribution in [0.15, 0.2) is 36.9 Å². The van der Waals surface area contributed by atoms with Crippen molar-refractivity contribution in [2.24, 2.45) is 0 Å². The summed E-state index contributed by atoms with van der Waals surface area (Å²) in [5, 5.41) is 5.90. The van der Waals surface area contributed by atoms with Gasteiger partial charge in [0, 0.05) is 18.7 Å². The van der Waals surface area contributed by atoms with E-state index in [-0.39, 0.29) is 12.5 Å². The predicted octanol–water partition coefficient (Wildman–Crippen LogP) is 1.48. The molecule has 0 spiro atoms. The molecule has 1 aromatic carbocycles. The predicted molar refractivity (Wildman–Crippen MR) is 72.5 cm³/mol. The number of ether oxygens (including phenoxy) is 1. The van der Waals surface area contributed by atoms with E-state index in [2.05, 4.69) is 17.2 Å². The Balaban J connectivity index is 2.50. The highest BCUT2D eigenvalue weighted by Gasteiger charge is 2.05. The normalized spacial score (nSPS) is 9.83. The lowest BCUT2D eigenvalue weighted by atomic mass is 10.2. The summed E-state index contributed by atoms with van der Waals surface area (Å²) in [6.07, 6.45) is 1.64. The van der Waals surface area contributed by atoms with Gasteiger partial charge in [0.25, 0.3) is 5.91 Å². The number of nitrogens with one attached hydrogen (secondary N) is 2. The Morgan fingerprint density at radius 1 is 1.44 bits per heavy atom. The number of para-hydroxylation sites is 1. The Kier molecular flexibility index (Phi) is 6.58. The molecule has 2 N–H and O–H groups in total. The molecule has 4 heteroatoms. The van der Waals surface area contributed by atoms with Crippen molar-refractivity contribution >= 4 is 5.91 Å². The molecule has 98 valence electrons. The van der Waals surface area contributed by atoms with E-state index in [1.165, 1.54) is 0 Å².